The summed E-state index contributed by atoms with van der Waals surface area (Å²) in [6, 6.07) is 11.9. The number of halogens is 3. The highest BCUT2D eigenvalue weighted by molar-refractivity contribution is 9.10. The largest absolute Gasteiger partial charge is 0.376 e. The van der Waals surface area contributed by atoms with Gasteiger partial charge < -0.3 is 5.32 Å². The van der Waals surface area contributed by atoms with Gasteiger partial charge in [-0.25, -0.2) is 8.78 Å². The van der Waals surface area contributed by atoms with Crippen LogP contribution in [0.4, 0.5) is 14.5 Å². The van der Waals surface area contributed by atoms with E-state index in [1.54, 1.807) is 0 Å². The van der Waals surface area contributed by atoms with Crippen LogP contribution in [-0.4, -0.2) is 0 Å². The van der Waals surface area contributed by atoms with Gasteiger partial charge in [0.1, 0.15) is 17.3 Å². The fraction of sp³-hybridized carbons (Fsp3) is 0.0769. The molecule has 0 atom stereocenters. The second-order valence-corrected chi connectivity index (χ2v) is 4.50. The zero-order chi connectivity index (χ0) is 12.3. The molecule has 0 aromatic heterocycles. The Morgan fingerprint density at radius 2 is 1.59 bits per heavy atom. The normalized spacial score (nSPS) is 10.3. The van der Waals surface area contributed by atoms with Crippen LogP contribution in [-0.2, 0) is 6.54 Å². The minimum atomic E-state index is -0.604. The fourth-order valence-electron chi connectivity index (χ4n) is 1.50. The molecular formula is C13H10BrF2N. The highest BCUT2D eigenvalue weighted by atomic mass is 79.9. The van der Waals surface area contributed by atoms with Crippen molar-refractivity contribution in [2.45, 2.75) is 6.54 Å². The van der Waals surface area contributed by atoms with Gasteiger partial charge in [0.2, 0.25) is 0 Å². The van der Waals surface area contributed by atoms with E-state index in [-0.39, 0.29) is 5.69 Å². The van der Waals surface area contributed by atoms with Crippen LogP contribution in [0.25, 0.3) is 0 Å². The Labute approximate surface area is 107 Å². The molecule has 0 aliphatic heterocycles. The van der Waals surface area contributed by atoms with E-state index in [1.807, 2.05) is 30.3 Å². The van der Waals surface area contributed by atoms with E-state index >= 15 is 0 Å². The molecule has 0 amide bonds. The summed E-state index contributed by atoms with van der Waals surface area (Å²) in [6.07, 6.45) is 0. The summed E-state index contributed by atoms with van der Waals surface area (Å²) < 4.78 is 27.3. The lowest BCUT2D eigenvalue weighted by Gasteiger charge is -2.09. The average molecular weight is 298 g/mol. The van der Waals surface area contributed by atoms with E-state index in [0.29, 0.717) is 11.0 Å². The molecule has 0 radical (unpaired) electrons. The quantitative estimate of drug-likeness (QED) is 0.889. The molecule has 1 N–H and O–H groups in total. The lowest BCUT2D eigenvalue weighted by Crippen LogP contribution is -2.03. The predicted molar refractivity (Wildman–Crippen MR) is 67.8 cm³/mol. The van der Waals surface area contributed by atoms with Crippen molar-refractivity contribution in [3.05, 3.63) is 64.1 Å². The first-order valence-corrected chi connectivity index (χ1v) is 5.88. The third-order valence-electron chi connectivity index (χ3n) is 2.32. The summed E-state index contributed by atoms with van der Waals surface area (Å²) in [5, 5.41) is 2.75. The summed E-state index contributed by atoms with van der Waals surface area (Å²) in [6.45, 7) is 0.385. The van der Waals surface area contributed by atoms with Crippen LogP contribution in [0.1, 0.15) is 5.56 Å². The SMILES string of the molecule is Fc1cc(Br)cc(F)c1NCc1ccccc1. The average Bonchev–Trinajstić information content (AvgIpc) is 2.29. The van der Waals surface area contributed by atoms with Crippen molar-refractivity contribution in [2.75, 3.05) is 5.32 Å². The van der Waals surface area contributed by atoms with Gasteiger partial charge in [0.25, 0.3) is 0 Å². The van der Waals surface area contributed by atoms with Gasteiger partial charge in [0.05, 0.1) is 0 Å². The van der Waals surface area contributed by atoms with Gasteiger partial charge in [-0.3, -0.25) is 0 Å². The van der Waals surface area contributed by atoms with Gasteiger partial charge in [-0.05, 0) is 17.7 Å². The third-order valence-corrected chi connectivity index (χ3v) is 2.78. The summed E-state index contributed by atoms with van der Waals surface area (Å²) in [4.78, 5) is 0. The minimum Gasteiger partial charge on any atom is -0.376 e. The van der Waals surface area contributed by atoms with Gasteiger partial charge >= 0.3 is 0 Å². The number of hydrogen-bond donors (Lipinski definition) is 1. The molecule has 0 fully saturated rings. The molecule has 0 unspecified atom stereocenters. The molecule has 0 aliphatic carbocycles. The number of nitrogens with one attached hydrogen (secondary N) is 1. The molecule has 0 aliphatic rings. The Morgan fingerprint density at radius 3 is 2.18 bits per heavy atom. The van der Waals surface area contributed by atoms with Crippen molar-refractivity contribution in [2.24, 2.45) is 0 Å². The van der Waals surface area contributed by atoms with Gasteiger partial charge in [-0.2, -0.15) is 0 Å². The standard InChI is InChI=1S/C13H10BrF2N/c14-10-6-11(15)13(12(16)7-10)17-8-9-4-2-1-3-5-9/h1-7,17H,8H2. The second-order valence-electron chi connectivity index (χ2n) is 3.58. The van der Waals surface area contributed by atoms with Gasteiger partial charge in [-0.1, -0.05) is 46.3 Å². The van der Waals surface area contributed by atoms with Crippen LogP contribution in [0.2, 0.25) is 0 Å². The lowest BCUT2D eigenvalue weighted by molar-refractivity contribution is 0.586. The van der Waals surface area contributed by atoms with Crippen LogP contribution in [0, 0.1) is 11.6 Å². The molecule has 0 saturated carbocycles. The molecule has 88 valence electrons. The Kier molecular flexibility index (Phi) is 3.74. The fourth-order valence-corrected chi connectivity index (χ4v) is 1.90. The van der Waals surface area contributed by atoms with Gasteiger partial charge in [0.15, 0.2) is 0 Å². The molecule has 2 rings (SSSR count). The topological polar surface area (TPSA) is 12.0 Å². The van der Waals surface area contributed by atoms with Gasteiger partial charge in [0, 0.05) is 11.0 Å². The van der Waals surface area contributed by atoms with Crippen molar-refractivity contribution in [1.82, 2.24) is 0 Å². The van der Waals surface area contributed by atoms with E-state index in [4.69, 9.17) is 0 Å². The predicted octanol–water partition coefficient (Wildman–Crippen LogP) is 4.34. The first-order chi connectivity index (χ1) is 8.16. The van der Waals surface area contributed by atoms with Crippen LogP contribution < -0.4 is 5.32 Å². The Bertz CT molecular complexity index is 491. The number of hydrogen-bond acceptors (Lipinski definition) is 1. The maximum absolute atomic E-state index is 13.5. The summed E-state index contributed by atoms with van der Waals surface area (Å²) in [5.74, 6) is -1.21. The maximum Gasteiger partial charge on any atom is 0.150 e. The van der Waals surface area contributed by atoms with Gasteiger partial charge in [-0.15, -0.1) is 0 Å². The highest BCUT2D eigenvalue weighted by Gasteiger charge is 2.09. The summed E-state index contributed by atoms with van der Waals surface area (Å²) in [5.41, 5.74) is 0.867. The molecule has 2 aromatic carbocycles. The molecule has 4 heteroatoms. The third kappa shape index (κ3) is 3.03. The van der Waals surface area contributed by atoms with E-state index in [1.165, 1.54) is 12.1 Å². The summed E-state index contributed by atoms with van der Waals surface area (Å²) in [7, 11) is 0. The van der Waals surface area contributed by atoms with E-state index in [9.17, 15) is 8.78 Å². The number of anilines is 1. The molecule has 0 saturated heterocycles. The van der Waals surface area contributed by atoms with Crippen LogP contribution in [0.5, 0.6) is 0 Å². The van der Waals surface area contributed by atoms with Crippen molar-refractivity contribution in [3.63, 3.8) is 0 Å². The highest BCUT2D eigenvalue weighted by Crippen LogP contribution is 2.24. The molecule has 1 nitrogen and oxygen atoms in total. The van der Waals surface area contributed by atoms with Crippen molar-refractivity contribution >= 4 is 21.6 Å². The zero-order valence-electron chi connectivity index (χ0n) is 8.88. The molecule has 17 heavy (non-hydrogen) atoms. The van der Waals surface area contributed by atoms with Crippen molar-refractivity contribution in [3.8, 4) is 0 Å². The van der Waals surface area contributed by atoms with Crippen LogP contribution in [0.3, 0.4) is 0 Å². The van der Waals surface area contributed by atoms with Crippen LogP contribution >= 0.6 is 15.9 Å². The van der Waals surface area contributed by atoms with Crippen molar-refractivity contribution < 1.29 is 8.78 Å². The Morgan fingerprint density at radius 1 is 1.00 bits per heavy atom. The minimum absolute atomic E-state index is 0.1000. The van der Waals surface area contributed by atoms with E-state index in [2.05, 4.69) is 21.2 Å². The molecule has 2 aromatic rings. The Balaban J connectivity index is 2.15. The molecule has 0 spiro atoms. The monoisotopic (exact) mass is 297 g/mol. The van der Waals surface area contributed by atoms with Crippen LogP contribution in [0.15, 0.2) is 46.9 Å². The number of benzene rings is 2. The zero-order valence-corrected chi connectivity index (χ0v) is 10.5. The van der Waals surface area contributed by atoms with E-state index in [0.717, 1.165) is 5.56 Å². The maximum atomic E-state index is 13.5. The first-order valence-electron chi connectivity index (χ1n) is 5.09. The van der Waals surface area contributed by atoms with Crippen molar-refractivity contribution in [1.29, 1.82) is 0 Å². The first kappa shape index (κ1) is 12.0. The van der Waals surface area contributed by atoms with E-state index < -0.39 is 11.6 Å². The number of rotatable bonds is 3. The Hall–Kier alpha value is -1.42. The molecule has 0 heterocycles. The smallest absolute Gasteiger partial charge is 0.150 e. The lowest BCUT2D eigenvalue weighted by atomic mass is 10.2. The molecule has 0 bridgehead atoms. The second kappa shape index (κ2) is 5.27. The molecular weight excluding hydrogens is 288 g/mol. The summed E-state index contributed by atoms with van der Waals surface area (Å²) >= 11 is 3.04.